The number of nitrogens with two attached hydrogens (primary N) is 1. The summed E-state index contributed by atoms with van der Waals surface area (Å²) in [5, 5.41) is 2.80. The zero-order valence-electron chi connectivity index (χ0n) is 11.3. The molecule has 3 rings (SSSR count). The van der Waals surface area contributed by atoms with Crippen molar-refractivity contribution in [2.24, 2.45) is 5.73 Å². The van der Waals surface area contributed by atoms with Crippen molar-refractivity contribution in [3.05, 3.63) is 63.6 Å². The van der Waals surface area contributed by atoms with Crippen molar-refractivity contribution in [1.82, 2.24) is 5.32 Å². The highest BCUT2D eigenvalue weighted by atomic mass is 79.9. The minimum Gasteiger partial charge on any atom is -0.491 e. The first-order valence-corrected chi connectivity index (χ1v) is 7.51. The van der Waals surface area contributed by atoms with Gasteiger partial charge < -0.3 is 15.8 Å². The molecule has 0 radical (unpaired) electrons. The maximum absolute atomic E-state index is 12.0. The molecule has 21 heavy (non-hydrogen) atoms. The predicted octanol–water partition coefficient (Wildman–Crippen LogP) is 2.62. The summed E-state index contributed by atoms with van der Waals surface area (Å²) in [5.41, 5.74) is 8.72. The SMILES string of the molecule is NC(c1ccc2c(c1)C(=O)NCCO2)c1ccccc1Br. The van der Waals surface area contributed by atoms with E-state index >= 15 is 0 Å². The molecular weight excluding hydrogens is 332 g/mol. The Bertz CT molecular complexity index is 688. The van der Waals surface area contributed by atoms with Crippen LogP contribution in [0.3, 0.4) is 0 Å². The third-order valence-electron chi connectivity index (χ3n) is 3.49. The Morgan fingerprint density at radius 1 is 1.24 bits per heavy atom. The molecule has 1 heterocycles. The Kier molecular flexibility index (Phi) is 3.94. The molecule has 0 fully saturated rings. The Hall–Kier alpha value is -1.85. The van der Waals surface area contributed by atoms with Crippen molar-refractivity contribution >= 4 is 21.8 Å². The fraction of sp³-hybridized carbons (Fsp3) is 0.188. The van der Waals surface area contributed by atoms with Crippen LogP contribution in [0.4, 0.5) is 0 Å². The van der Waals surface area contributed by atoms with Crippen molar-refractivity contribution < 1.29 is 9.53 Å². The minimum atomic E-state index is -0.304. The molecule has 1 amide bonds. The number of benzene rings is 2. The average Bonchev–Trinajstić information content (AvgIpc) is 2.69. The van der Waals surface area contributed by atoms with Crippen molar-refractivity contribution in [2.45, 2.75) is 6.04 Å². The molecule has 108 valence electrons. The quantitative estimate of drug-likeness (QED) is 0.878. The van der Waals surface area contributed by atoms with Crippen LogP contribution in [0.5, 0.6) is 5.75 Å². The number of carbonyl (C=O) groups excluding carboxylic acids is 1. The summed E-state index contributed by atoms with van der Waals surface area (Å²) >= 11 is 3.51. The average molecular weight is 347 g/mol. The molecule has 2 aromatic rings. The lowest BCUT2D eigenvalue weighted by Crippen LogP contribution is -2.24. The maximum Gasteiger partial charge on any atom is 0.255 e. The number of nitrogens with one attached hydrogen (secondary N) is 1. The van der Waals surface area contributed by atoms with E-state index in [0.29, 0.717) is 24.5 Å². The summed E-state index contributed by atoms with van der Waals surface area (Å²) in [6, 6.07) is 13.0. The van der Waals surface area contributed by atoms with Crippen LogP contribution in [-0.4, -0.2) is 19.1 Å². The first kappa shape index (κ1) is 14.1. The van der Waals surface area contributed by atoms with Gasteiger partial charge in [0.15, 0.2) is 0 Å². The topological polar surface area (TPSA) is 64.4 Å². The van der Waals surface area contributed by atoms with Gasteiger partial charge in [-0.3, -0.25) is 4.79 Å². The largest absolute Gasteiger partial charge is 0.491 e. The molecule has 2 aromatic carbocycles. The van der Waals surface area contributed by atoms with Crippen LogP contribution in [0.1, 0.15) is 27.5 Å². The molecule has 1 aliphatic rings. The van der Waals surface area contributed by atoms with Crippen molar-refractivity contribution in [3.8, 4) is 5.75 Å². The fourth-order valence-electron chi connectivity index (χ4n) is 2.37. The summed E-state index contributed by atoms with van der Waals surface area (Å²) in [5.74, 6) is 0.483. The normalized spacial score (nSPS) is 15.4. The molecule has 1 aliphatic heterocycles. The number of ether oxygens (including phenoxy) is 1. The minimum absolute atomic E-state index is 0.122. The van der Waals surface area contributed by atoms with Crippen LogP contribution < -0.4 is 15.8 Å². The molecule has 0 bridgehead atoms. The van der Waals surface area contributed by atoms with Crippen LogP contribution in [-0.2, 0) is 0 Å². The Balaban J connectivity index is 2.00. The third kappa shape index (κ3) is 2.80. The lowest BCUT2D eigenvalue weighted by molar-refractivity contribution is 0.0957. The zero-order valence-corrected chi connectivity index (χ0v) is 12.9. The van der Waals surface area contributed by atoms with E-state index in [2.05, 4.69) is 21.2 Å². The highest BCUT2D eigenvalue weighted by molar-refractivity contribution is 9.10. The Morgan fingerprint density at radius 3 is 2.86 bits per heavy atom. The number of carbonyl (C=O) groups is 1. The van der Waals surface area contributed by atoms with Gasteiger partial charge >= 0.3 is 0 Å². The molecule has 1 unspecified atom stereocenters. The smallest absolute Gasteiger partial charge is 0.255 e. The van der Waals surface area contributed by atoms with Crippen LogP contribution in [0.2, 0.25) is 0 Å². The summed E-state index contributed by atoms with van der Waals surface area (Å²) in [7, 11) is 0. The molecule has 0 aliphatic carbocycles. The highest BCUT2D eigenvalue weighted by Crippen LogP contribution is 2.30. The summed E-state index contributed by atoms with van der Waals surface area (Å²) in [6.07, 6.45) is 0. The van der Waals surface area contributed by atoms with Gasteiger partial charge in [-0.2, -0.15) is 0 Å². The van der Waals surface area contributed by atoms with E-state index in [9.17, 15) is 4.79 Å². The lowest BCUT2D eigenvalue weighted by atomic mass is 9.97. The monoisotopic (exact) mass is 346 g/mol. The first-order chi connectivity index (χ1) is 10.2. The first-order valence-electron chi connectivity index (χ1n) is 6.72. The highest BCUT2D eigenvalue weighted by Gasteiger charge is 2.19. The molecule has 0 spiro atoms. The van der Waals surface area contributed by atoms with Crippen LogP contribution in [0.25, 0.3) is 0 Å². The van der Waals surface area contributed by atoms with Gasteiger partial charge in [0, 0.05) is 4.47 Å². The lowest BCUT2D eigenvalue weighted by Gasteiger charge is -2.16. The summed E-state index contributed by atoms with van der Waals surface area (Å²) in [4.78, 5) is 12.0. The fourth-order valence-corrected chi connectivity index (χ4v) is 2.90. The predicted molar refractivity (Wildman–Crippen MR) is 84.4 cm³/mol. The van der Waals surface area contributed by atoms with Gasteiger partial charge in [-0.05, 0) is 29.3 Å². The van der Waals surface area contributed by atoms with Gasteiger partial charge in [0.2, 0.25) is 0 Å². The van der Waals surface area contributed by atoms with Crippen molar-refractivity contribution in [3.63, 3.8) is 0 Å². The number of amides is 1. The van der Waals surface area contributed by atoms with Crippen molar-refractivity contribution in [2.75, 3.05) is 13.2 Å². The van der Waals surface area contributed by atoms with Gasteiger partial charge in [-0.15, -0.1) is 0 Å². The Labute approximate surface area is 131 Å². The number of hydrogen-bond acceptors (Lipinski definition) is 3. The molecule has 0 saturated carbocycles. The summed E-state index contributed by atoms with van der Waals surface area (Å²) in [6.45, 7) is 0.994. The Morgan fingerprint density at radius 2 is 2.05 bits per heavy atom. The van der Waals surface area contributed by atoms with E-state index in [4.69, 9.17) is 10.5 Å². The summed E-state index contributed by atoms with van der Waals surface area (Å²) < 4.78 is 6.50. The van der Waals surface area contributed by atoms with Gasteiger partial charge in [0.05, 0.1) is 18.2 Å². The molecule has 0 aromatic heterocycles. The number of rotatable bonds is 2. The zero-order chi connectivity index (χ0) is 14.8. The van der Waals surface area contributed by atoms with Gasteiger partial charge in [-0.25, -0.2) is 0 Å². The van der Waals surface area contributed by atoms with E-state index in [1.165, 1.54) is 0 Å². The van der Waals surface area contributed by atoms with E-state index in [1.807, 2.05) is 36.4 Å². The molecule has 0 saturated heterocycles. The maximum atomic E-state index is 12.0. The van der Waals surface area contributed by atoms with Crippen LogP contribution >= 0.6 is 15.9 Å². The standard InChI is InChI=1S/C16H15BrN2O2/c17-13-4-2-1-3-11(13)15(18)10-5-6-14-12(9-10)16(20)19-7-8-21-14/h1-6,9,15H,7-8,18H2,(H,19,20). The molecule has 4 nitrogen and oxygen atoms in total. The van der Waals surface area contributed by atoms with Crippen molar-refractivity contribution in [1.29, 1.82) is 0 Å². The van der Waals surface area contributed by atoms with Crippen LogP contribution in [0, 0.1) is 0 Å². The van der Waals surface area contributed by atoms with E-state index in [1.54, 1.807) is 6.07 Å². The second kappa shape index (κ2) is 5.87. The second-order valence-electron chi connectivity index (χ2n) is 4.86. The van der Waals surface area contributed by atoms with Gasteiger partial charge in [-0.1, -0.05) is 40.2 Å². The number of fused-ring (bicyclic) bond motifs is 1. The van der Waals surface area contributed by atoms with E-state index in [-0.39, 0.29) is 11.9 Å². The van der Waals surface area contributed by atoms with E-state index < -0.39 is 0 Å². The number of halogens is 1. The third-order valence-corrected chi connectivity index (χ3v) is 4.22. The number of hydrogen-bond donors (Lipinski definition) is 2. The van der Waals surface area contributed by atoms with Gasteiger partial charge in [0.25, 0.3) is 5.91 Å². The molecule has 1 atom stereocenters. The van der Waals surface area contributed by atoms with E-state index in [0.717, 1.165) is 15.6 Å². The second-order valence-corrected chi connectivity index (χ2v) is 5.71. The molecular formula is C16H15BrN2O2. The molecule has 3 N–H and O–H groups in total. The molecule has 5 heteroatoms. The van der Waals surface area contributed by atoms with Crippen LogP contribution in [0.15, 0.2) is 46.9 Å². The van der Waals surface area contributed by atoms with Gasteiger partial charge in [0.1, 0.15) is 12.4 Å².